The van der Waals surface area contributed by atoms with Crippen LogP contribution in [0, 0.1) is 16.7 Å². The minimum absolute atomic E-state index is 0.0408. The van der Waals surface area contributed by atoms with Gasteiger partial charge in [-0.05, 0) is 30.3 Å². The van der Waals surface area contributed by atoms with E-state index in [1.165, 1.54) is 0 Å². The average molecular weight is 259 g/mol. The van der Waals surface area contributed by atoms with Gasteiger partial charge in [-0.25, -0.2) is 0 Å². The Hall–Kier alpha value is -0.0300. The molecule has 90 valence electrons. The van der Waals surface area contributed by atoms with Crippen LogP contribution in [0.4, 0.5) is 0 Å². The fourth-order valence-corrected chi connectivity index (χ4v) is 4.76. The highest BCUT2D eigenvalue weighted by Gasteiger charge is 2.32. The van der Waals surface area contributed by atoms with E-state index in [1.54, 1.807) is 0 Å². The van der Waals surface area contributed by atoms with Crippen LogP contribution in [-0.2, 0) is 4.79 Å². The summed E-state index contributed by atoms with van der Waals surface area (Å²) in [6.07, 6.45) is 2.50. The summed E-state index contributed by atoms with van der Waals surface area (Å²) in [5, 5.41) is 3.24. The first-order valence-corrected chi connectivity index (χ1v) is 8.13. The Bertz CT molecular complexity index is 273. The third kappa shape index (κ3) is 3.00. The van der Waals surface area contributed by atoms with E-state index in [1.807, 2.05) is 23.5 Å². The minimum atomic E-state index is -0.0408. The van der Waals surface area contributed by atoms with Crippen molar-refractivity contribution >= 4 is 29.3 Å². The summed E-state index contributed by atoms with van der Waals surface area (Å²) in [6, 6.07) is -0.0408. The molecule has 2 rings (SSSR count). The zero-order chi connectivity index (χ0) is 11.4. The first kappa shape index (κ1) is 12.4. The number of Topliss-reactive ketones (excluding diaryl/α,β-unsaturated/α-hetero) is 1. The maximum absolute atomic E-state index is 11.7. The molecule has 0 aromatic rings. The monoisotopic (exact) mass is 259 g/mol. The van der Waals surface area contributed by atoms with E-state index in [0.29, 0.717) is 18.1 Å². The number of ketones is 1. The smallest absolute Gasteiger partial charge is 0.137 e. The first-order chi connectivity index (χ1) is 7.81. The van der Waals surface area contributed by atoms with Gasteiger partial charge in [0.2, 0.25) is 0 Å². The highest BCUT2D eigenvalue weighted by Crippen LogP contribution is 2.33. The van der Waals surface area contributed by atoms with Gasteiger partial charge in [0.25, 0.3) is 0 Å². The summed E-state index contributed by atoms with van der Waals surface area (Å²) in [5.74, 6) is 4.90. The van der Waals surface area contributed by atoms with Gasteiger partial charge < -0.3 is 0 Å². The van der Waals surface area contributed by atoms with Crippen LogP contribution in [0.3, 0.4) is 0 Å². The molecule has 2 aliphatic rings. The molecule has 2 heterocycles. The summed E-state index contributed by atoms with van der Waals surface area (Å²) >= 11 is 3.76. The van der Waals surface area contributed by atoms with Crippen LogP contribution in [-0.4, -0.2) is 34.8 Å². The predicted octanol–water partition coefficient (Wildman–Crippen LogP) is 2.59. The molecule has 0 aromatic carbocycles. The Morgan fingerprint density at radius 1 is 1.25 bits per heavy atom. The Kier molecular flexibility index (Phi) is 4.70. The molecule has 3 unspecified atom stereocenters. The SMILES string of the molecule is O=NC1CCSCC1CC1CSCCC1=O. The van der Waals surface area contributed by atoms with Gasteiger partial charge in [-0.1, -0.05) is 5.18 Å². The molecule has 0 aromatic heterocycles. The van der Waals surface area contributed by atoms with Gasteiger partial charge >= 0.3 is 0 Å². The molecule has 0 radical (unpaired) electrons. The largest absolute Gasteiger partial charge is 0.299 e. The van der Waals surface area contributed by atoms with Crippen LogP contribution in [0.15, 0.2) is 5.18 Å². The van der Waals surface area contributed by atoms with Gasteiger partial charge in [0.1, 0.15) is 5.78 Å². The standard InChI is InChI=1S/C11H17NO2S2/c13-11-2-4-16-7-9(11)5-8-6-15-3-1-10(8)12-14/h8-10H,1-7H2. The predicted molar refractivity (Wildman–Crippen MR) is 70.1 cm³/mol. The molecule has 2 fully saturated rings. The lowest BCUT2D eigenvalue weighted by molar-refractivity contribution is -0.122. The van der Waals surface area contributed by atoms with Crippen LogP contribution in [0.1, 0.15) is 19.3 Å². The third-order valence-electron chi connectivity index (χ3n) is 3.42. The lowest BCUT2D eigenvalue weighted by Crippen LogP contribution is -2.32. The number of hydrogen-bond acceptors (Lipinski definition) is 5. The molecule has 3 nitrogen and oxygen atoms in total. The quantitative estimate of drug-likeness (QED) is 0.731. The first-order valence-electron chi connectivity index (χ1n) is 5.82. The number of nitroso groups, excluding NO2 is 1. The van der Waals surface area contributed by atoms with Gasteiger partial charge in [0, 0.05) is 23.8 Å². The molecule has 3 atom stereocenters. The van der Waals surface area contributed by atoms with Gasteiger partial charge in [-0.3, -0.25) is 4.79 Å². The van der Waals surface area contributed by atoms with E-state index < -0.39 is 0 Å². The lowest BCUT2D eigenvalue weighted by atomic mass is 9.87. The Morgan fingerprint density at radius 3 is 2.81 bits per heavy atom. The van der Waals surface area contributed by atoms with E-state index in [0.717, 1.165) is 35.9 Å². The van der Waals surface area contributed by atoms with Crippen molar-refractivity contribution in [1.82, 2.24) is 0 Å². The summed E-state index contributed by atoms with van der Waals surface area (Å²) in [7, 11) is 0. The second-order valence-electron chi connectivity index (χ2n) is 4.52. The summed E-state index contributed by atoms with van der Waals surface area (Å²) < 4.78 is 0. The second-order valence-corrected chi connectivity index (χ2v) is 6.82. The molecular formula is C11H17NO2S2. The molecule has 5 heteroatoms. The number of hydrogen-bond donors (Lipinski definition) is 0. The molecular weight excluding hydrogens is 242 g/mol. The second kappa shape index (κ2) is 6.05. The number of nitrogens with zero attached hydrogens (tertiary/aromatic N) is 1. The highest BCUT2D eigenvalue weighted by atomic mass is 32.2. The number of rotatable bonds is 3. The molecule has 2 aliphatic heterocycles. The van der Waals surface area contributed by atoms with E-state index in [4.69, 9.17) is 0 Å². The van der Waals surface area contributed by atoms with Crippen LogP contribution in [0.25, 0.3) is 0 Å². The molecule has 0 N–H and O–H groups in total. The van der Waals surface area contributed by atoms with Crippen molar-refractivity contribution in [2.24, 2.45) is 17.0 Å². The van der Waals surface area contributed by atoms with Crippen molar-refractivity contribution in [3.05, 3.63) is 4.91 Å². The third-order valence-corrected chi connectivity index (χ3v) is 5.74. The molecule has 0 amide bonds. The van der Waals surface area contributed by atoms with Crippen LogP contribution >= 0.6 is 23.5 Å². The molecule has 2 saturated heterocycles. The van der Waals surface area contributed by atoms with E-state index in [9.17, 15) is 9.70 Å². The minimum Gasteiger partial charge on any atom is -0.299 e. The van der Waals surface area contributed by atoms with E-state index in [2.05, 4.69) is 5.18 Å². The van der Waals surface area contributed by atoms with Crippen molar-refractivity contribution in [2.45, 2.75) is 25.3 Å². The summed E-state index contributed by atoms with van der Waals surface area (Å²) in [5.41, 5.74) is 0. The molecule has 16 heavy (non-hydrogen) atoms. The maximum Gasteiger partial charge on any atom is 0.137 e. The summed E-state index contributed by atoms with van der Waals surface area (Å²) in [4.78, 5) is 22.5. The fourth-order valence-electron chi connectivity index (χ4n) is 2.41. The maximum atomic E-state index is 11.7. The highest BCUT2D eigenvalue weighted by molar-refractivity contribution is 7.99. The number of carbonyl (C=O) groups is 1. The molecule has 0 aliphatic carbocycles. The fraction of sp³-hybridized carbons (Fsp3) is 0.909. The number of thioether (sulfide) groups is 2. The Balaban J connectivity index is 1.90. The Labute approximate surface area is 104 Å². The van der Waals surface area contributed by atoms with E-state index >= 15 is 0 Å². The lowest BCUT2D eigenvalue weighted by Gasteiger charge is -2.30. The van der Waals surface area contributed by atoms with Crippen molar-refractivity contribution in [3.63, 3.8) is 0 Å². The van der Waals surface area contributed by atoms with Gasteiger partial charge in [-0.15, -0.1) is 0 Å². The van der Waals surface area contributed by atoms with Crippen LogP contribution in [0.5, 0.6) is 0 Å². The van der Waals surface area contributed by atoms with Gasteiger partial charge in [-0.2, -0.15) is 28.4 Å². The zero-order valence-electron chi connectivity index (χ0n) is 9.26. The Morgan fingerprint density at radius 2 is 2.06 bits per heavy atom. The van der Waals surface area contributed by atoms with Crippen molar-refractivity contribution < 1.29 is 4.79 Å². The average Bonchev–Trinajstić information content (AvgIpc) is 2.33. The van der Waals surface area contributed by atoms with Gasteiger partial charge in [0.05, 0.1) is 6.04 Å². The molecule has 0 bridgehead atoms. The topological polar surface area (TPSA) is 46.5 Å². The molecule has 0 spiro atoms. The van der Waals surface area contributed by atoms with Gasteiger partial charge in [0.15, 0.2) is 0 Å². The molecule has 0 saturated carbocycles. The van der Waals surface area contributed by atoms with Crippen molar-refractivity contribution in [2.75, 3.05) is 23.0 Å². The van der Waals surface area contributed by atoms with Crippen molar-refractivity contribution in [3.8, 4) is 0 Å². The summed E-state index contributed by atoms with van der Waals surface area (Å²) in [6.45, 7) is 0. The number of carbonyl (C=O) groups excluding carboxylic acids is 1. The van der Waals surface area contributed by atoms with Crippen LogP contribution in [0.2, 0.25) is 0 Å². The van der Waals surface area contributed by atoms with E-state index in [-0.39, 0.29) is 12.0 Å². The zero-order valence-corrected chi connectivity index (χ0v) is 10.9. The normalized spacial score (nSPS) is 36.0. The van der Waals surface area contributed by atoms with Crippen molar-refractivity contribution in [1.29, 1.82) is 0 Å². The van der Waals surface area contributed by atoms with Crippen LogP contribution < -0.4 is 0 Å².